The van der Waals surface area contributed by atoms with Crippen LogP contribution < -0.4 is 0 Å². The number of nitrogens with zero attached hydrogens (tertiary/aromatic N) is 1. The van der Waals surface area contributed by atoms with Crippen LogP contribution in [0.1, 0.15) is 44.9 Å². The summed E-state index contributed by atoms with van der Waals surface area (Å²) in [4.78, 5) is 25.1. The van der Waals surface area contributed by atoms with Crippen LogP contribution in [0.25, 0.3) is 0 Å². The van der Waals surface area contributed by atoms with E-state index < -0.39 is 11.9 Å². The van der Waals surface area contributed by atoms with Crippen LogP contribution in [0.15, 0.2) is 0 Å². The topological polar surface area (TPSA) is 77.8 Å². The van der Waals surface area contributed by atoms with E-state index >= 15 is 0 Å². The van der Waals surface area contributed by atoms with E-state index in [1.54, 1.807) is 11.9 Å². The molecule has 0 spiro atoms. The van der Waals surface area contributed by atoms with E-state index in [0.29, 0.717) is 19.4 Å². The summed E-state index contributed by atoms with van der Waals surface area (Å²) in [5.41, 5.74) is 0. The van der Waals surface area contributed by atoms with Gasteiger partial charge in [-0.2, -0.15) is 0 Å². The van der Waals surface area contributed by atoms with Gasteiger partial charge in [0.2, 0.25) is 5.91 Å². The molecule has 5 heteroatoms. The zero-order valence-corrected chi connectivity index (χ0v) is 11.7. The van der Waals surface area contributed by atoms with Crippen molar-refractivity contribution in [1.29, 1.82) is 0 Å². The zero-order valence-electron chi connectivity index (χ0n) is 11.7. The summed E-state index contributed by atoms with van der Waals surface area (Å²) in [7, 11) is 1.74. The lowest BCUT2D eigenvalue weighted by Crippen LogP contribution is -2.41. The first-order valence-electron chi connectivity index (χ1n) is 7.16. The number of carboxylic acids is 1. The van der Waals surface area contributed by atoms with Gasteiger partial charge in [-0.05, 0) is 32.1 Å². The molecule has 0 saturated heterocycles. The molecule has 2 unspecified atom stereocenters. The van der Waals surface area contributed by atoms with Crippen LogP contribution in [0, 0.1) is 11.8 Å². The van der Waals surface area contributed by atoms with Gasteiger partial charge in [0.05, 0.1) is 11.8 Å². The average molecular weight is 271 g/mol. The molecule has 5 nitrogen and oxygen atoms in total. The number of aliphatic carboxylic acids is 1. The third kappa shape index (κ3) is 4.82. The highest BCUT2D eigenvalue weighted by Gasteiger charge is 2.36. The Bertz CT molecular complexity index is 306. The van der Waals surface area contributed by atoms with Crippen molar-refractivity contribution < 1.29 is 19.8 Å². The van der Waals surface area contributed by atoms with Crippen molar-refractivity contribution in [3.05, 3.63) is 0 Å². The minimum Gasteiger partial charge on any atom is -0.481 e. The third-order valence-electron chi connectivity index (χ3n) is 3.93. The number of carboxylic acid groups (broad SMARTS) is 1. The Morgan fingerprint density at radius 3 is 2.32 bits per heavy atom. The Morgan fingerprint density at radius 1 is 1.11 bits per heavy atom. The molecule has 2 atom stereocenters. The van der Waals surface area contributed by atoms with Gasteiger partial charge in [0.1, 0.15) is 0 Å². The fourth-order valence-corrected chi connectivity index (χ4v) is 2.75. The fraction of sp³-hybridized carbons (Fsp3) is 0.857. The first-order valence-corrected chi connectivity index (χ1v) is 7.16. The molecule has 0 aliphatic heterocycles. The van der Waals surface area contributed by atoms with Crippen LogP contribution in [-0.2, 0) is 9.59 Å². The van der Waals surface area contributed by atoms with Crippen LogP contribution in [0.5, 0.6) is 0 Å². The normalized spacial score (nSPS) is 23.1. The number of carbonyl (C=O) groups is 2. The molecular formula is C14H25NO4. The maximum absolute atomic E-state index is 12.3. The molecule has 0 bridgehead atoms. The molecule has 0 aromatic rings. The van der Waals surface area contributed by atoms with Crippen molar-refractivity contribution >= 4 is 11.9 Å². The fourth-order valence-electron chi connectivity index (χ4n) is 2.75. The second-order valence-electron chi connectivity index (χ2n) is 5.38. The van der Waals surface area contributed by atoms with Gasteiger partial charge in [0, 0.05) is 20.2 Å². The summed E-state index contributed by atoms with van der Waals surface area (Å²) in [6.07, 6.45) is 5.65. The standard InChI is InChI=1S/C14H25NO4/c1-15(9-5-2-6-10-16)13(17)11-7-3-4-8-12(11)14(18)19/h11-12,16H,2-10H2,1H3,(H,18,19). The largest absolute Gasteiger partial charge is 0.481 e. The van der Waals surface area contributed by atoms with Crippen LogP contribution >= 0.6 is 0 Å². The molecule has 0 aromatic carbocycles. The molecule has 1 amide bonds. The Kier molecular flexibility index (Phi) is 6.84. The molecule has 0 heterocycles. The van der Waals surface area contributed by atoms with Gasteiger partial charge < -0.3 is 15.1 Å². The summed E-state index contributed by atoms with van der Waals surface area (Å²) in [5.74, 6) is -1.74. The Balaban J connectivity index is 2.46. The monoisotopic (exact) mass is 271 g/mol. The molecule has 0 radical (unpaired) electrons. The van der Waals surface area contributed by atoms with Gasteiger partial charge in [-0.1, -0.05) is 12.8 Å². The van der Waals surface area contributed by atoms with E-state index in [0.717, 1.165) is 32.1 Å². The second kappa shape index (κ2) is 8.15. The van der Waals surface area contributed by atoms with E-state index in [9.17, 15) is 14.7 Å². The van der Waals surface area contributed by atoms with Crippen molar-refractivity contribution in [2.45, 2.75) is 44.9 Å². The SMILES string of the molecule is CN(CCCCCO)C(=O)C1CCCCC1C(=O)O. The number of unbranched alkanes of at least 4 members (excludes halogenated alkanes) is 2. The predicted octanol–water partition coefficient (Wildman–Crippen LogP) is 1.50. The Hall–Kier alpha value is -1.10. The van der Waals surface area contributed by atoms with Crippen molar-refractivity contribution in [3.8, 4) is 0 Å². The highest BCUT2D eigenvalue weighted by atomic mass is 16.4. The molecule has 1 fully saturated rings. The van der Waals surface area contributed by atoms with Crippen molar-refractivity contribution in [2.24, 2.45) is 11.8 Å². The molecule has 19 heavy (non-hydrogen) atoms. The van der Waals surface area contributed by atoms with E-state index in [1.165, 1.54) is 0 Å². The van der Waals surface area contributed by atoms with Crippen molar-refractivity contribution in [1.82, 2.24) is 4.90 Å². The summed E-state index contributed by atoms with van der Waals surface area (Å²) >= 11 is 0. The number of aliphatic hydroxyl groups is 1. The average Bonchev–Trinajstić information content (AvgIpc) is 2.42. The third-order valence-corrected chi connectivity index (χ3v) is 3.93. The van der Waals surface area contributed by atoms with Gasteiger partial charge in [0.25, 0.3) is 0 Å². The molecule has 110 valence electrons. The number of rotatable bonds is 7. The number of amides is 1. The number of hydrogen-bond donors (Lipinski definition) is 2. The highest BCUT2D eigenvalue weighted by molar-refractivity contribution is 5.84. The van der Waals surface area contributed by atoms with Gasteiger partial charge in [0.15, 0.2) is 0 Å². The lowest BCUT2D eigenvalue weighted by molar-refractivity contribution is -0.151. The smallest absolute Gasteiger partial charge is 0.307 e. The van der Waals surface area contributed by atoms with Gasteiger partial charge in [-0.3, -0.25) is 9.59 Å². The van der Waals surface area contributed by atoms with Crippen LogP contribution in [-0.4, -0.2) is 47.2 Å². The minimum absolute atomic E-state index is 0.0314. The highest BCUT2D eigenvalue weighted by Crippen LogP contribution is 2.31. The molecule has 1 rings (SSSR count). The van der Waals surface area contributed by atoms with Crippen LogP contribution in [0.2, 0.25) is 0 Å². The maximum atomic E-state index is 12.3. The summed E-state index contributed by atoms with van der Waals surface area (Å²) in [6, 6.07) is 0. The van der Waals surface area contributed by atoms with Crippen molar-refractivity contribution in [2.75, 3.05) is 20.2 Å². The van der Waals surface area contributed by atoms with E-state index in [-0.39, 0.29) is 18.4 Å². The summed E-state index contributed by atoms with van der Waals surface area (Å²) < 4.78 is 0. The molecular weight excluding hydrogens is 246 g/mol. The molecule has 1 aliphatic carbocycles. The molecule has 1 saturated carbocycles. The number of hydrogen-bond acceptors (Lipinski definition) is 3. The minimum atomic E-state index is -0.841. The first kappa shape index (κ1) is 16.0. The van der Waals surface area contributed by atoms with E-state index in [4.69, 9.17) is 5.11 Å². The molecule has 1 aliphatic rings. The number of carbonyl (C=O) groups excluding carboxylic acids is 1. The summed E-state index contributed by atoms with van der Waals surface area (Å²) in [5, 5.41) is 17.9. The van der Waals surface area contributed by atoms with Gasteiger partial charge >= 0.3 is 5.97 Å². The second-order valence-corrected chi connectivity index (χ2v) is 5.38. The molecule has 2 N–H and O–H groups in total. The van der Waals surface area contributed by atoms with Gasteiger partial charge in [-0.25, -0.2) is 0 Å². The van der Waals surface area contributed by atoms with E-state index in [2.05, 4.69) is 0 Å². The molecule has 0 aromatic heterocycles. The van der Waals surface area contributed by atoms with E-state index in [1.807, 2.05) is 0 Å². The summed E-state index contributed by atoms with van der Waals surface area (Å²) in [6.45, 7) is 0.822. The Morgan fingerprint density at radius 2 is 1.74 bits per heavy atom. The lowest BCUT2D eigenvalue weighted by atomic mass is 9.78. The van der Waals surface area contributed by atoms with Crippen LogP contribution in [0.4, 0.5) is 0 Å². The van der Waals surface area contributed by atoms with Crippen molar-refractivity contribution in [3.63, 3.8) is 0 Å². The van der Waals surface area contributed by atoms with Crippen LogP contribution in [0.3, 0.4) is 0 Å². The quantitative estimate of drug-likeness (QED) is 0.688. The van der Waals surface area contributed by atoms with Gasteiger partial charge in [-0.15, -0.1) is 0 Å². The Labute approximate surface area is 114 Å². The first-order chi connectivity index (χ1) is 9.07. The zero-order chi connectivity index (χ0) is 14.3. The number of aliphatic hydroxyl groups excluding tert-OH is 1. The predicted molar refractivity (Wildman–Crippen MR) is 71.7 cm³/mol. The maximum Gasteiger partial charge on any atom is 0.307 e. The lowest BCUT2D eigenvalue weighted by Gasteiger charge is -2.31.